The maximum atomic E-state index is 13.4. The van der Waals surface area contributed by atoms with Crippen LogP contribution in [0, 0.1) is 11.6 Å². The second-order valence-corrected chi connectivity index (χ2v) is 4.78. The van der Waals surface area contributed by atoms with Crippen molar-refractivity contribution in [2.45, 2.75) is 6.61 Å². The van der Waals surface area contributed by atoms with Crippen molar-refractivity contribution in [2.24, 2.45) is 10.8 Å². The van der Waals surface area contributed by atoms with E-state index in [1.807, 2.05) is 24.3 Å². The van der Waals surface area contributed by atoms with Gasteiger partial charge in [-0.1, -0.05) is 24.3 Å². The highest BCUT2D eigenvalue weighted by atomic mass is 32.1. The Balaban J connectivity index is 1.93. The lowest BCUT2D eigenvalue weighted by molar-refractivity contribution is 0.289. The lowest BCUT2D eigenvalue weighted by Crippen LogP contribution is -2.23. The monoisotopic (exact) mass is 321 g/mol. The molecule has 0 atom stereocenters. The zero-order valence-electron chi connectivity index (χ0n) is 11.4. The van der Waals surface area contributed by atoms with E-state index in [2.05, 4.69) is 22.7 Å². The van der Waals surface area contributed by atoms with Gasteiger partial charge in [0.2, 0.25) is 0 Å². The third-order valence-corrected chi connectivity index (χ3v) is 2.75. The minimum Gasteiger partial charge on any atom is -0.486 e. The zero-order chi connectivity index (χ0) is 15.9. The van der Waals surface area contributed by atoms with Crippen molar-refractivity contribution in [3.63, 3.8) is 0 Å². The van der Waals surface area contributed by atoms with E-state index in [0.29, 0.717) is 0 Å². The number of nitrogens with zero attached hydrogens (tertiary/aromatic N) is 1. The molecule has 0 aliphatic carbocycles. The minimum atomic E-state index is -0.729. The SMILES string of the molecule is NC(=S)NN=Cc1ccc(COc2ccc(F)cc2F)cc1. The highest BCUT2D eigenvalue weighted by molar-refractivity contribution is 7.80. The topological polar surface area (TPSA) is 59.6 Å². The van der Waals surface area contributed by atoms with Gasteiger partial charge in [-0.15, -0.1) is 0 Å². The highest BCUT2D eigenvalue weighted by Gasteiger charge is 2.05. The predicted molar refractivity (Wildman–Crippen MR) is 84.6 cm³/mol. The smallest absolute Gasteiger partial charge is 0.184 e. The fraction of sp³-hybridized carbons (Fsp3) is 0.0667. The third kappa shape index (κ3) is 4.78. The Morgan fingerprint density at radius 1 is 1.23 bits per heavy atom. The third-order valence-electron chi connectivity index (χ3n) is 2.66. The van der Waals surface area contributed by atoms with Crippen LogP contribution in [0.1, 0.15) is 11.1 Å². The largest absolute Gasteiger partial charge is 0.486 e. The molecule has 22 heavy (non-hydrogen) atoms. The number of thiocarbonyl (C=S) groups is 1. The summed E-state index contributed by atoms with van der Waals surface area (Å²) in [4.78, 5) is 0. The average molecular weight is 321 g/mol. The summed E-state index contributed by atoms with van der Waals surface area (Å²) in [6, 6.07) is 10.4. The van der Waals surface area contributed by atoms with Gasteiger partial charge in [-0.3, -0.25) is 5.43 Å². The van der Waals surface area contributed by atoms with Crippen LogP contribution in [0.3, 0.4) is 0 Å². The van der Waals surface area contributed by atoms with Gasteiger partial charge in [0.15, 0.2) is 16.7 Å². The van der Waals surface area contributed by atoms with Crippen LogP contribution in [-0.4, -0.2) is 11.3 Å². The van der Waals surface area contributed by atoms with Crippen LogP contribution in [0.4, 0.5) is 8.78 Å². The van der Waals surface area contributed by atoms with E-state index in [9.17, 15) is 8.78 Å². The molecule has 0 spiro atoms. The van der Waals surface area contributed by atoms with Crippen molar-refractivity contribution >= 4 is 23.5 Å². The van der Waals surface area contributed by atoms with Crippen LogP contribution in [0.5, 0.6) is 5.75 Å². The van der Waals surface area contributed by atoms with Crippen LogP contribution >= 0.6 is 12.2 Å². The number of benzene rings is 2. The Hall–Kier alpha value is -2.54. The highest BCUT2D eigenvalue weighted by Crippen LogP contribution is 2.19. The molecule has 0 saturated carbocycles. The lowest BCUT2D eigenvalue weighted by Gasteiger charge is -2.07. The van der Waals surface area contributed by atoms with E-state index < -0.39 is 11.6 Å². The van der Waals surface area contributed by atoms with E-state index in [1.165, 1.54) is 6.07 Å². The molecule has 3 N–H and O–H groups in total. The van der Waals surface area contributed by atoms with Gasteiger partial charge in [0.05, 0.1) is 6.21 Å². The molecule has 7 heteroatoms. The number of ether oxygens (including phenoxy) is 1. The van der Waals surface area contributed by atoms with Crippen LogP contribution in [0.2, 0.25) is 0 Å². The first-order chi connectivity index (χ1) is 10.5. The van der Waals surface area contributed by atoms with Crippen molar-refractivity contribution in [3.8, 4) is 5.75 Å². The Labute approximate surface area is 131 Å². The summed E-state index contributed by atoms with van der Waals surface area (Å²) < 4.78 is 31.5. The van der Waals surface area contributed by atoms with Gasteiger partial charge in [0.25, 0.3) is 0 Å². The molecule has 0 unspecified atom stereocenters. The van der Waals surface area contributed by atoms with Gasteiger partial charge in [0, 0.05) is 6.07 Å². The van der Waals surface area contributed by atoms with Gasteiger partial charge in [-0.25, -0.2) is 8.78 Å². The van der Waals surface area contributed by atoms with Gasteiger partial charge in [0.1, 0.15) is 12.4 Å². The first-order valence-corrected chi connectivity index (χ1v) is 6.71. The molecule has 0 bridgehead atoms. The van der Waals surface area contributed by atoms with Crippen LogP contribution in [0.15, 0.2) is 47.6 Å². The van der Waals surface area contributed by atoms with Gasteiger partial charge in [-0.2, -0.15) is 5.10 Å². The average Bonchev–Trinajstić information content (AvgIpc) is 2.47. The molecule has 0 amide bonds. The lowest BCUT2D eigenvalue weighted by atomic mass is 10.1. The van der Waals surface area contributed by atoms with Crippen LogP contribution in [-0.2, 0) is 6.61 Å². The molecular formula is C15H13F2N3OS. The summed E-state index contributed by atoms with van der Waals surface area (Å²) in [5, 5.41) is 3.91. The Kier molecular flexibility index (Phi) is 5.37. The van der Waals surface area contributed by atoms with Crippen molar-refractivity contribution in [1.82, 2.24) is 5.43 Å². The molecule has 2 aromatic rings. The summed E-state index contributed by atoms with van der Waals surface area (Å²) >= 11 is 4.61. The standard InChI is InChI=1S/C15H13F2N3OS/c16-12-5-6-14(13(17)7-12)21-9-11-3-1-10(2-4-11)8-19-20-15(18)22/h1-8H,9H2,(H3,18,20,22). The maximum absolute atomic E-state index is 13.4. The van der Waals surface area contributed by atoms with Gasteiger partial charge < -0.3 is 10.5 Å². The molecule has 0 aliphatic heterocycles. The Morgan fingerprint density at radius 3 is 2.59 bits per heavy atom. The maximum Gasteiger partial charge on any atom is 0.184 e. The van der Waals surface area contributed by atoms with E-state index in [1.54, 1.807) is 6.21 Å². The molecule has 0 aromatic heterocycles. The Morgan fingerprint density at radius 2 is 1.95 bits per heavy atom. The van der Waals surface area contributed by atoms with E-state index in [4.69, 9.17) is 10.5 Å². The fourth-order valence-electron chi connectivity index (χ4n) is 1.62. The quantitative estimate of drug-likeness (QED) is 0.505. The molecular weight excluding hydrogens is 308 g/mol. The molecule has 0 heterocycles. The second kappa shape index (κ2) is 7.46. The first-order valence-electron chi connectivity index (χ1n) is 6.30. The van der Waals surface area contributed by atoms with E-state index >= 15 is 0 Å². The number of hydrazone groups is 1. The number of nitrogens with one attached hydrogen (secondary N) is 1. The number of halogens is 2. The van der Waals surface area contributed by atoms with Crippen molar-refractivity contribution in [2.75, 3.05) is 0 Å². The van der Waals surface area contributed by atoms with Crippen LogP contribution < -0.4 is 15.9 Å². The van der Waals surface area contributed by atoms with Gasteiger partial charge in [-0.05, 0) is 35.5 Å². The zero-order valence-corrected chi connectivity index (χ0v) is 12.2. The van der Waals surface area contributed by atoms with Crippen LogP contribution in [0.25, 0.3) is 0 Å². The van der Waals surface area contributed by atoms with Crippen molar-refractivity contribution < 1.29 is 13.5 Å². The molecule has 2 aromatic carbocycles. The minimum absolute atomic E-state index is 0.00713. The number of nitrogens with two attached hydrogens (primary N) is 1. The summed E-state index contributed by atoms with van der Waals surface area (Å²) in [6.45, 7) is 0.172. The predicted octanol–water partition coefficient (Wildman–Crippen LogP) is 2.71. The second-order valence-electron chi connectivity index (χ2n) is 4.34. The van der Waals surface area contributed by atoms with Crippen molar-refractivity contribution in [1.29, 1.82) is 0 Å². The molecule has 4 nitrogen and oxygen atoms in total. The fourth-order valence-corrected chi connectivity index (χ4v) is 1.68. The summed E-state index contributed by atoms with van der Waals surface area (Å²) in [7, 11) is 0. The summed E-state index contributed by atoms with van der Waals surface area (Å²) in [6.07, 6.45) is 1.56. The van der Waals surface area contributed by atoms with Crippen molar-refractivity contribution in [3.05, 3.63) is 65.2 Å². The van der Waals surface area contributed by atoms with E-state index in [0.717, 1.165) is 23.3 Å². The summed E-state index contributed by atoms with van der Waals surface area (Å²) in [5.41, 5.74) is 9.35. The molecule has 0 fully saturated rings. The molecule has 0 saturated heterocycles. The number of rotatable bonds is 5. The first kappa shape index (κ1) is 15.8. The molecule has 114 valence electrons. The molecule has 0 aliphatic rings. The number of hydrogen-bond donors (Lipinski definition) is 2. The van der Waals surface area contributed by atoms with E-state index in [-0.39, 0.29) is 17.5 Å². The molecule has 2 rings (SSSR count). The number of hydrogen-bond acceptors (Lipinski definition) is 3. The normalized spacial score (nSPS) is 10.6. The Bertz CT molecular complexity index is 690. The molecule has 0 radical (unpaired) electrons. The summed E-state index contributed by atoms with van der Waals surface area (Å²) in [5.74, 6) is -1.36. The van der Waals surface area contributed by atoms with Gasteiger partial charge >= 0.3 is 0 Å².